The van der Waals surface area contributed by atoms with Crippen LogP contribution >= 0.6 is 11.8 Å². The van der Waals surface area contributed by atoms with Gasteiger partial charge in [-0.05, 0) is 57.1 Å². The highest BCUT2D eigenvalue weighted by Gasteiger charge is 2.51. The molecule has 10 rings (SSSR count). The van der Waals surface area contributed by atoms with Gasteiger partial charge in [0.05, 0.1) is 17.0 Å². The van der Waals surface area contributed by atoms with Crippen molar-refractivity contribution in [2.45, 2.75) is 15.2 Å². The number of nitriles is 1. The Bertz CT molecular complexity index is 2610. The second-order valence-corrected chi connectivity index (χ2v) is 14.1. The second-order valence-electron chi connectivity index (χ2n) is 13.0. The molecular formula is C47H28N4S. The molecule has 1 aromatic heterocycles. The lowest BCUT2D eigenvalue weighted by Crippen LogP contribution is -2.31. The Morgan fingerprint density at radius 3 is 1.40 bits per heavy atom. The van der Waals surface area contributed by atoms with Crippen LogP contribution < -0.4 is 0 Å². The molecule has 0 N–H and O–H groups in total. The molecule has 0 fully saturated rings. The summed E-state index contributed by atoms with van der Waals surface area (Å²) in [4.78, 5) is 17.2. The molecule has 4 nitrogen and oxygen atoms in total. The first kappa shape index (κ1) is 30.2. The molecule has 8 aromatic rings. The average molecular weight is 681 g/mol. The summed E-state index contributed by atoms with van der Waals surface area (Å²) in [5.41, 5.74) is 12.0. The molecule has 7 aromatic carbocycles. The van der Waals surface area contributed by atoms with Gasteiger partial charge in [-0.25, -0.2) is 15.0 Å². The van der Waals surface area contributed by atoms with Crippen LogP contribution in [0.5, 0.6) is 0 Å². The van der Waals surface area contributed by atoms with Crippen LogP contribution in [-0.4, -0.2) is 15.0 Å². The zero-order valence-corrected chi connectivity index (χ0v) is 28.7. The highest BCUT2D eigenvalue weighted by molar-refractivity contribution is 7.99. The molecule has 0 saturated heterocycles. The third-order valence-corrected chi connectivity index (χ3v) is 11.4. The summed E-state index contributed by atoms with van der Waals surface area (Å²) in [6, 6.07) is 61.4. The number of hydrogen-bond donors (Lipinski definition) is 0. The van der Waals surface area contributed by atoms with Gasteiger partial charge in [-0.15, -0.1) is 0 Å². The molecule has 0 radical (unpaired) electrons. The first-order chi connectivity index (χ1) is 25.7. The third-order valence-electron chi connectivity index (χ3n) is 10.3. The Morgan fingerprint density at radius 2 is 0.846 bits per heavy atom. The number of nitrogens with zero attached hydrogens (tertiary/aromatic N) is 4. The molecule has 0 unspecified atom stereocenters. The zero-order chi connectivity index (χ0) is 34.6. The quantitative estimate of drug-likeness (QED) is 0.185. The second kappa shape index (κ2) is 12.0. The van der Waals surface area contributed by atoms with E-state index in [1.165, 1.54) is 26.5 Å². The average Bonchev–Trinajstić information content (AvgIpc) is 3.52. The van der Waals surface area contributed by atoms with Gasteiger partial charge in [-0.3, -0.25) is 0 Å². The van der Waals surface area contributed by atoms with E-state index in [2.05, 4.69) is 103 Å². The zero-order valence-electron chi connectivity index (χ0n) is 27.9. The van der Waals surface area contributed by atoms with Gasteiger partial charge in [0.25, 0.3) is 0 Å². The van der Waals surface area contributed by atoms with Gasteiger partial charge in [0.2, 0.25) is 0 Å². The van der Waals surface area contributed by atoms with Crippen molar-refractivity contribution in [3.63, 3.8) is 0 Å². The lowest BCUT2D eigenvalue weighted by atomic mass is 9.67. The van der Waals surface area contributed by atoms with Crippen LogP contribution in [0.2, 0.25) is 0 Å². The maximum atomic E-state index is 10.6. The van der Waals surface area contributed by atoms with E-state index in [4.69, 9.17) is 15.0 Å². The Labute approximate surface area is 306 Å². The molecule has 0 atom stereocenters. The van der Waals surface area contributed by atoms with Gasteiger partial charge in [-0.2, -0.15) is 5.26 Å². The van der Waals surface area contributed by atoms with Gasteiger partial charge in [-0.1, -0.05) is 163 Å². The summed E-state index contributed by atoms with van der Waals surface area (Å²) in [7, 11) is 0. The Kier molecular flexibility index (Phi) is 6.99. The Morgan fingerprint density at radius 1 is 0.404 bits per heavy atom. The van der Waals surface area contributed by atoms with Crippen LogP contribution in [0.25, 0.3) is 56.4 Å². The first-order valence-corrected chi connectivity index (χ1v) is 18.1. The predicted octanol–water partition coefficient (Wildman–Crippen LogP) is 11.2. The van der Waals surface area contributed by atoms with Gasteiger partial charge >= 0.3 is 0 Å². The minimum absolute atomic E-state index is 0.557. The van der Waals surface area contributed by atoms with Crippen LogP contribution in [0.1, 0.15) is 27.8 Å². The van der Waals surface area contributed by atoms with Crippen molar-refractivity contribution in [3.05, 3.63) is 198 Å². The molecule has 242 valence electrons. The monoisotopic (exact) mass is 680 g/mol. The molecule has 0 bridgehead atoms. The van der Waals surface area contributed by atoms with Crippen molar-refractivity contribution in [2.24, 2.45) is 0 Å². The largest absolute Gasteiger partial charge is 0.208 e. The fourth-order valence-corrected chi connectivity index (χ4v) is 9.25. The van der Waals surface area contributed by atoms with E-state index in [1.54, 1.807) is 0 Å². The summed E-state index contributed by atoms with van der Waals surface area (Å²) in [5.74, 6) is 1.87. The topological polar surface area (TPSA) is 62.5 Å². The summed E-state index contributed by atoms with van der Waals surface area (Å²) in [6.07, 6.45) is 0. The van der Waals surface area contributed by atoms with E-state index in [9.17, 15) is 5.26 Å². The van der Waals surface area contributed by atoms with Gasteiger partial charge in [0, 0.05) is 32.0 Å². The maximum absolute atomic E-state index is 10.6. The van der Waals surface area contributed by atoms with E-state index in [0.29, 0.717) is 23.0 Å². The molecule has 0 amide bonds. The van der Waals surface area contributed by atoms with Crippen LogP contribution in [0, 0.1) is 11.3 Å². The molecule has 1 spiro atoms. The van der Waals surface area contributed by atoms with Crippen molar-refractivity contribution in [1.29, 1.82) is 5.26 Å². The Balaban J connectivity index is 1.17. The summed E-state index contributed by atoms with van der Waals surface area (Å²) in [6.45, 7) is 0. The number of benzene rings is 7. The lowest BCUT2D eigenvalue weighted by Gasteiger charge is -2.39. The number of fused-ring (bicyclic) bond motifs is 9. The smallest absolute Gasteiger partial charge is 0.164 e. The lowest BCUT2D eigenvalue weighted by molar-refractivity contribution is 0.722. The Hall–Kier alpha value is -6.61. The van der Waals surface area contributed by atoms with Crippen molar-refractivity contribution in [2.75, 3.05) is 0 Å². The third kappa shape index (κ3) is 4.52. The van der Waals surface area contributed by atoms with Crippen molar-refractivity contribution < 1.29 is 0 Å². The molecule has 5 heteroatoms. The fraction of sp³-hybridized carbons (Fsp3) is 0.0213. The number of aromatic nitrogens is 3. The van der Waals surface area contributed by atoms with Crippen molar-refractivity contribution in [1.82, 2.24) is 15.0 Å². The van der Waals surface area contributed by atoms with E-state index >= 15 is 0 Å². The standard InChI is InChI=1S/C47H28N4S/c48-29-34-17-11-21-38-42(34)43-35(18-12-22-39(43)47(38)36-19-7-9-23-40(36)52-41-24-10-8-20-37(41)47)30-25-27-33(28-26-30)46-50-44(31-13-3-1-4-14-31)49-45(51-46)32-15-5-2-6-16-32/h1-28H. The minimum atomic E-state index is -0.557. The van der Waals surface area contributed by atoms with E-state index in [-0.39, 0.29) is 0 Å². The van der Waals surface area contributed by atoms with Gasteiger partial charge < -0.3 is 0 Å². The maximum Gasteiger partial charge on any atom is 0.164 e. The molecular weight excluding hydrogens is 653 g/mol. The summed E-state index contributed by atoms with van der Waals surface area (Å²) >= 11 is 1.82. The van der Waals surface area contributed by atoms with Crippen LogP contribution in [0.15, 0.2) is 180 Å². The molecule has 1 aliphatic carbocycles. The highest BCUT2D eigenvalue weighted by atomic mass is 32.2. The van der Waals surface area contributed by atoms with E-state index in [1.807, 2.05) is 84.6 Å². The minimum Gasteiger partial charge on any atom is -0.208 e. The number of hydrogen-bond acceptors (Lipinski definition) is 5. The molecule has 2 aliphatic rings. The molecule has 2 heterocycles. The first-order valence-electron chi connectivity index (χ1n) is 17.3. The highest BCUT2D eigenvalue weighted by Crippen LogP contribution is 2.63. The summed E-state index contributed by atoms with van der Waals surface area (Å²) < 4.78 is 0. The number of rotatable bonds is 4. The van der Waals surface area contributed by atoms with E-state index < -0.39 is 5.41 Å². The SMILES string of the molecule is N#Cc1cccc2c1-c1c(-c3ccc(-c4nc(-c5ccccc5)nc(-c5ccccc5)n4)cc3)cccc1C21c2ccccc2Sc2ccccc21. The summed E-state index contributed by atoms with van der Waals surface area (Å²) in [5, 5.41) is 10.6. The van der Waals surface area contributed by atoms with Crippen molar-refractivity contribution in [3.8, 4) is 62.5 Å². The molecule has 1 aliphatic heterocycles. The van der Waals surface area contributed by atoms with Crippen LogP contribution in [0.4, 0.5) is 0 Å². The van der Waals surface area contributed by atoms with Crippen molar-refractivity contribution >= 4 is 11.8 Å². The predicted molar refractivity (Wildman–Crippen MR) is 208 cm³/mol. The van der Waals surface area contributed by atoms with Gasteiger partial charge in [0.15, 0.2) is 17.5 Å². The van der Waals surface area contributed by atoms with Gasteiger partial charge in [0.1, 0.15) is 0 Å². The molecule has 0 saturated carbocycles. The normalized spacial score (nSPS) is 13.1. The van der Waals surface area contributed by atoms with E-state index in [0.717, 1.165) is 44.5 Å². The van der Waals surface area contributed by atoms with Crippen LogP contribution in [-0.2, 0) is 5.41 Å². The van der Waals surface area contributed by atoms with Crippen LogP contribution in [0.3, 0.4) is 0 Å². The molecule has 52 heavy (non-hydrogen) atoms. The fourth-order valence-electron chi connectivity index (χ4n) is 8.06.